The molecule has 0 heterocycles. The minimum atomic E-state index is -0.684. The van der Waals surface area contributed by atoms with E-state index in [-0.39, 0.29) is 0 Å². The molecule has 0 aliphatic carbocycles. The molecule has 0 aromatic rings. The third-order valence-corrected chi connectivity index (χ3v) is 3.32. The lowest BCUT2D eigenvalue weighted by Crippen LogP contribution is -1.93. The molecule has 0 aromatic carbocycles. The monoisotopic (exact) mass is 274 g/mol. The van der Waals surface area contributed by atoms with Crippen LogP contribution in [0.15, 0.2) is 11.1 Å². The average molecular weight is 275 g/mol. The van der Waals surface area contributed by atoms with Crippen molar-refractivity contribution >= 4 is 17.6 Å². The molecule has 2 nitrogen and oxygen atoms in total. The van der Waals surface area contributed by atoms with Crippen LogP contribution >= 0.6 is 11.6 Å². The fourth-order valence-corrected chi connectivity index (χ4v) is 2.10. The van der Waals surface area contributed by atoms with Crippen LogP contribution in [0, 0.1) is 0 Å². The molecule has 0 saturated carbocycles. The second kappa shape index (κ2) is 12.9. The maximum atomic E-state index is 10.3. The number of halogens is 1. The number of allylic oxidation sites excluding steroid dienone is 2. The molecule has 18 heavy (non-hydrogen) atoms. The second-order valence-corrected chi connectivity index (χ2v) is 5.29. The lowest BCUT2D eigenvalue weighted by atomic mass is 10.1. The van der Waals surface area contributed by atoms with E-state index >= 15 is 0 Å². The Kier molecular flexibility index (Phi) is 12.6. The van der Waals surface area contributed by atoms with Crippen molar-refractivity contribution in [3.8, 4) is 0 Å². The molecule has 0 aliphatic heterocycles. The third-order valence-electron chi connectivity index (χ3n) is 2.98. The van der Waals surface area contributed by atoms with E-state index in [9.17, 15) is 4.79 Å². The van der Waals surface area contributed by atoms with Gasteiger partial charge in [-0.25, -0.2) is 0 Å². The summed E-state index contributed by atoms with van der Waals surface area (Å²) >= 11 is 6.11. The van der Waals surface area contributed by atoms with Gasteiger partial charge in [-0.2, -0.15) is 0 Å². The van der Waals surface area contributed by atoms with Crippen LogP contribution < -0.4 is 0 Å². The van der Waals surface area contributed by atoms with Crippen molar-refractivity contribution in [1.82, 2.24) is 0 Å². The van der Waals surface area contributed by atoms with E-state index in [4.69, 9.17) is 16.7 Å². The van der Waals surface area contributed by atoms with E-state index in [1.54, 1.807) is 0 Å². The summed E-state index contributed by atoms with van der Waals surface area (Å²) in [5.74, 6) is -0.684. The molecule has 0 spiro atoms. The van der Waals surface area contributed by atoms with E-state index < -0.39 is 5.97 Å². The molecular weight excluding hydrogens is 248 g/mol. The SMILES string of the molecule is CCCCCC(Cl)=CCCCCCCCC(=O)O. The lowest BCUT2D eigenvalue weighted by Gasteiger charge is -2.00. The van der Waals surface area contributed by atoms with Gasteiger partial charge in [-0.15, -0.1) is 0 Å². The number of carboxylic acids is 1. The molecule has 0 radical (unpaired) electrons. The summed E-state index contributed by atoms with van der Waals surface area (Å²) in [4.78, 5) is 10.3. The number of unbranched alkanes of at least 4 members (excludes halogenated alkanes) is 7. The van der Waals surface area contributed by atoms with Gasteiger partial charge < -0.3 is 5.11 Å². The number of carboxylic acid groups (broad SMARTS) is 1. The van der Waals surface area contributed by atoms with Crippen molar-refractivity contribution in [2.75, 3.05) is 0 Å². The van der Waals surface area contributed by atoms with Gasteiger partial charge in [0.05, 0.1) is 0 Å². The van der Waals surface area contributed by atoms with Crippen LogP contribution in [0.1, 0.15) is 77.6 Å². The highest BCUT2D eigenvalue weighted by atomic mass is 35.5. The molecule has 0 aliphatic rings. The zero-order valence-corrected chi connectivity index (χ0v) is 12.3. The molecule has 3 heteroatoms. The number of aliphatic carboxylic acids is 1. The van der Waals surface area contributed by atoms with Gasteiger partial charge in [0.1, 0.15) is 0 Å². The van der Waals surface area contributed by atoms with Crippen molar-refractivity contribution < 1.29 is 9.90 Å². The highest BCUT2D eigenvalue weighted by Gasteiger charge is 1.96. The van der Waals surface area contributed by atoms with Crippen LogP contribution in [0.25, 0.3) is 0 Å². The van der Waals surface area contributed by atoms with Crippen LogP contribution in [-0.2, 0) is 4.79 Å². The van der Waals surface area contributed by atoms with E-state index in [1.165, 1.54) is 25.7 Å². The largest absolute Gasteiger partial charge is 0.481 e. The summed E-state index contributed by atoms with van der Waals surface area (Å²) in [6.07, 6.45) is 13.5. The van der Waals surface area contributed by atoms with Crippen molar-refractivity contribution in [3.63, 3.8) is 0 Å². The molecule has 0 saturated heterocycles. The lowest BCUT2D eigenvalue weighted by molar-refractivity contribution is -0.137. The zero-order chi connectivity index (χ0) is 13.6. The van der Waals surface area contributed by atoms with E-state index in [0.29, 0.717) is 6.42 Å². The van der Waals surface area contributed by atoms with Crippen molar-refractivity contribution in [3.05, 3.63) is 11.1 Å². The third kappa shape index (κ3) is 13.6. The Labute approximate surface area is 116 Å². The first-order valence-electron chi connectivity index (χ1n) is 7.23. The van der Waals surface area contributed by atoms with E-state index in [2.05, 4.69) is 13.0 Å². The topological polar surface area (TPSA) is 37.3 Å². The highest BCUT2D eigenvalue weighted by Crippen LogP contribution is 2.15. The van der Waals surface area contributed by atoms with Crippen molar-refractivity contribution in [2.45, 2.75) is 77.6 Å². The number of hydrogen-bond acceptors (Lipinski definition) is 1. The summed E-state index contributed by atoms with van der Waals surface area (Å²) in [5.41, 5.74) is 0. The van der Waals surface area contributed by atoms with Crippen LogP contribution in [0.2, 0.25) is 0 Å². The normalized spacial score (nSPS) is 11.8. The first-order chi connectivity index (χ1) is 8.66. The molecule has 0 fully saturated rings. The summed E-state index contributed by atoms with van der Waals surface area (Å²) in [7, 11) is 0. The molecule has 0 rings (SSSR count). The predicted octanol–water partition coefficient (Wildman–Crippen LogP) is 5.50. The summed E-state index contributed by atoms with van der Waals surface area (Å²) in [6.45, 7) is 2.20. The van der Waals surface area contributed by atoms with Crippen LogP contribution in [-0.4, -0.2) is 11.1 Å². The smallest absolute Gasteiger partial charge is 0.303 e. The average Bonchev–Trinajstić information content (AvgIpc) is 2.32. The first-order valence-corrected chi connectivity index (χ1v) is 7.61. The molecule has 0 bridgehead atoms. The molecular formula is C15H27ClO2. The minimum absolute atomic E-state index is 0.309. The maximum Gasteiger partial charge on any atom is 0.303 e. The van der Waals surface area contributed by atoms with Gasteiger partial charge in [0.15, 0.2) is 0 Å². The van der Waals surface area contributed by atoms with Crippen molar-refractivity contribution in [2.24, 2.45) is 0 Å². The van der Waals surface area contributed by atoms with Gasteiger partial charge in [-0.1, -0.05) is 56.7 Å². The number of carbonyl (C=O) groups is 1. The minimum Gasteiger partial charge on any atom is -0.481 e. The standard InChI is InChI=1S/C15H27ClO2/c1-2-3-8-11-14(16)12-9-6-4-5-7-10-13-15(17)18/h12H,2-11,13H2,1H3,(H,17,18). The van der Waals surface area contributed by atoms with Gasteiger partial charge in [0.2, 0.25) is 0 Å². The van der Waals surface area contributed by atoms with Gasteiger partial charge >= 0.3 is 5.97 Å². The zero-order valence-electron chi connectivity index (χ0n) is 11.6. The van der Waals surface area contributed by atoms with Gasteiger partial charge in [0, 0.05) is 11.5 Å². The Morgan fingerprint density at radius 3 is 2.28 bits per heavy atom. The maximum absolute atomic E-state index is 10.3. The Morgan fingerprint density at radius 2 is 1.61 bits per heavy atom. The summed E-state index contributed by atoms with van der Waals surface area (Å²) < 4.78 is 0. The van der Waals surface area contributed by atoms with Crippen molar-refractivity contribution in [1.29, 1.82) is 0 Å². The fourth-order valence-electron chi connectivity index (χ4n) is 1.86. The van der Waals surface area contributed by atoms with Crippen LogP contribution in [0.5, 0.6) is 0 Å². The fraction of sp³-hybridized carbons (Fsp3) is 0.800. The Hall–Kier alpha value is -0.500. The molecule has 0 aromatic heterocycles. The van der Waals surface area contributed by atoms with Gasteiger partial charge in [-0.3, -0.25) is 4.79 Å². The quantitative estimate of drug-likeness (QED) is 0.477. The molecule has 0 unspecified atom stereocenters. The highest BCUT2D eigenvalue weighted by molar-refractivity contribution is 6.29. The van der Waals surface area contributed by atoms with E-state index in [1.807, 2.05) is 0 Å². The molecule has 0 atom stereocenters. The van der Waals surface area contributed by atoms with Gasteiger partial charge in [0.25, 0.3) is 0 Å². The molecule has 106 valence electrons. The number of hydrogen-bond donors (Lipinski definition) is 1. The van der Waals surface area contributed by atoms with E-state index in [0.717, 1.165) is 43.6 Å². The summed E-state index contributed by atoms with van der Waals surface area (Å²) in [6, 6.07) is 0. The Balaban J connectivity index is 3.27. The molecule has 0 amide bonds. The molecule has 1 N–H and O–H groups in total. The Bertz CT molecular complexity index is 237. The summed E-state index contributed by atoms with van der Waals surface area (Å²) in [5, 5.41) is 9.49. The predicted molar refractivity (Wildman–Crippen MR) is 78.0 cm³/mol. The van der Waals surface area contributed by atoms with Gasteiger partial charge in [-0.05, 0) is 32.1 Å². The van der Waals surface area contributed by atoms with Crippen LogP contribution in [0.3, 0.4) is 0 Å². The van der Waals surface area contributed by atoms with Crippen LogP contribution in [0.4, 0.5) is 0 Å². The Morgan fingerprint density at radius 1 is 1.00 bits per heavy atom. The first kappa shape index (κ1) is 17.5. The number of rotatable bonds is 12. The second-order valence-electron chi connectivity index (χ2n) is 4.81.